The summed E-state index contributed by atoms with van der Waals surface area (Å²) in [6, 6.07) is 34.0. The van der Waals surface area contributed by atoms with Crippen LogP contribution in [0, 0.1) is 0 Å². The molecule has 0 aliphatic carbocycles. The van der Waals surface area contributed by atoms with Crippen LogP contribution in [0.3, 0.4) is 0 Å². The molecule has 1 unspecified atom stereocenters. The zero-order valence-electron chi connectivity index (χ0n) is 14.9. The smallest absolute Gasteiger partial charge is 0.188 e. The summed E-state index contributed by atoms with van der Waals surface area (Å²) in [4.78, 5) is 0. The van der Waals surface area contributed by atoms with Gasteiger partial charge in [0.25, 0.3) is 0 Å². The monoisotopic (exact) mass is 462 g/mol. The van der Waals surface area contributed by atoms with E-state index in [1.54, 1.807) is 0 Å². The number of para-hydroxylation sites is 1. The molecule has 1 heterocycles. The zero-order valence-corrected chi connectivity index (χ0v) is 18.2. The van der Waals surface area contributed by atoms with Crippen molar-refractivity contribution in [2.45, 2.75) is 0 Å². The Kier molecular flexibility index (Phi) is 4.39. The van der Waals surface area contributed by atoms with Gasteiger partial charge in [-0.3, -0.25) is 0 Å². The van der Waals surface area contributed by atoms with Gasteiger partial charge >= 0.3 is 0 Å². The summed E-state index contributed by atoms with van der Waals surface area (Å²) in [5.41, 5.74) is 0. The van der Waals surface area contributed by atoms with Crippen LogP contribution in [0.15, 0.2) is 102 Å². The first kappa shape index (κ1) is 17.7. The lowest BCUT2D eigenvalue weighted by atomic mass is 10.3. The van der Waals surface area contributed by atoms with Crippen LogP contribution >= 0.6 is 27.5 Å². The van der Waals surface area contributed by atoms with Gasteiger partial charge in [-0.2, -0.15) is 0 Å². The van der Waals surface area contributed by atoms with Crippen LogP contribution in [-0.4, -0.2) is 8.07 Å². The molecule has 0 saturated heterocycles. The summed E-state index contributed by atoms with van der Waals surface area (Å²) < 4.78 is 7.40. The fourth-order valence-electron chi connectivity index (χ4n) is 4.20. The summed E-state index contributed by atoms with van der Waals surface area (Å²) >= 11 is 9.93. The van der Waals surface area contributed by atoms with E-state index in [2.05, 4.69) is 94.8 Å². The lowest BCUT2D eigenvalue weighted by Gasteiger charge is -2.39. The van der Waals surface area contributed by atoms with E-state index >= 15 is 0 Å². The van der Waals surface area contributed by atoms with Gasteiger partial charge in [-0.1, -0.05) is 94.3 Å². The normalized spacial score (nSPS) is 17.4. The van der Waals surface area contributed by atoms with Gasteiger partial charge in [0, 0.05) is 9.50 Å². The van der Waals surface area contributed by atoms with Crippen molar-refractivity contribution in [3.63, 3.8) is 0 Å². The van der Waals surface area contributed by atoms with E-state index in [1.165, 1.54) is 20.7 Å². The fraction of sp³-hybridized carbons (Fsp3) is 0. The number of halogens is 2. The zero-order chi connectivity index (χ0) is 19.1. The number of fused-ring (bicyclic) bond motifs is 2. The van der Waals surface area contributed by atoms with Crippen molar-refractivity contribution < 1.29 is 4.74 Å². The first-order valence-electron chi connectivity index (χ1n) is 9.08. The number of ether oxygens (including phenoxy) is 1. The second-order valence-corrected chi connectivity index (χ2v) is 11.9. The van der Waals surface area contributed by atoms with Gasteiger partial charge in [0.15, 0.2) is 8.07 Å². The quantitative estimate of drug-likeness (QED) is 0.348. The summed E-state index contributed by atoms with van der Waals surface area (Å²) in [6.07, 6.45) is 0. The second-order valence-electron chi connectivity index (χ2n) is 6.86. The maximum atomic E-state index is 6.34. The molecular formula is C24H16BrClOSi. The number of rotatable bonds is 2. The molecule has 5 rings (SSSR count). The van der Waals surface area contributed by atoms with Gasteiger partial charge in [-0.15, -0.1) is 0 Å². The topological polar surface area (TPSA) is 9.23 Å². The molecule has 0 aromatic heterocycles. The molecule has 0 bridgehead atoms. The van der Waals surface area contributed by atoms with E-state index in [-0.39, 0.29) is 0 Å². The molecular weight excluding hydrogens is 448 g/mol. The van der Waals surface area contributed by atoms with Crippen molar-refractivity contribution in [1.82, 2.24) is 0 Å². The molecule has 1 nitrogen and oxygen atoms in total. The van der Waals surface area contributed by atoms with Crippen molar-refractivity contribution in [3.05, 3.63) is 107 Å². The second kappa shape index (κ2) is 6.93. The molecule has 0 N–H and O–H groups in total. The van der Waals surface area contributed by atoms with E-state index in [4.69, 9.17) is 16.3 Å². The molecule has 0 fully saturated rings. The Morgan fingerprint density at radius 2 is 1.29 bits per heavy atom. The van der Waals surface area contributed by atoms with Gasteiger partial charge in [-0.05, 0) is 51.1 Å². The Bertz CT molecular complexity index is 1160. The lowest BCUT2D eigenvalue weighted by molar-refractivity contribution is 0.487. The molecule has 4 aromatic carbocycles. The molecule has 4 aromatic rings. The maximum absolute atomic E-state index is 6.34. The van der Waals surface area contributed by atoms with E-state index in [1.807, 2.05) is 18.2 Å². The Labute approximate surface area is 178 Å². The average molecular weight is 464 g/mol. The van der Waals surface area contributed by atoms with Crippen LogP contribution in [0.4, 0.5) is 0 Å². The Morgan fingerprint density at radius 3 is 2.07 bits per heavy atom. The third-order valence-electron chi connectivity index (χ3n) is 5.34. The van der Waals surface area contributed by atoms with Crippen LogP contribution in [0.2, 0.25) is 5.02 Å². The van der Waals surface area contributed by atoms with Crippen LogP contribution < -0.4 is 25.5 Å². The Hall–Kier alpha value is -2.33. The van der Waals surface area contributed by atoms with E-state index < -0.39 is 8.07 Å². The summed E-state index contributed by atoms with van der Waals surface area (Å²) in [7, 11) is -2.53. The van der Waals surface area contributed by atoms with E-state index in [9.17, 15) is 0 Å². The third kappa shape index (κ3) is 2.66. The van der Waals surface area contributed by atoms with Crippen molar-refractivity contribution >= 4 is 56.4 Å². The van der Waals surface area contributed by atoms with Crippen molar-refractivity contribution in [2.24, 2.45) is 0 Å². The van der Waals surface area contributed by atoms with Gasteiger partial charge in [0.1, 0.15) is 11.5 Å². The molecule has 0 radical (unpaired) electrons. The summed E-state index contributed by atoms with van der Waals surface area (Å²) in [5.74, 6) is 1.76. The van der Waals surface area contributed by atoms with E-state index in [0.717, 1.165) is 16.0 Å². The highest BCUT2D eigenvalue weighted by Gasteiger charge is 2.47. The molecule has 1 atom stereocenters. The molecule has 28 heavy (non-hydrogen) atoms. The minimum Gasteiger partial charge on any atom is -0.457 e. The summed E-state index contributed by atoms with van der Waals surface area (Å²) in [6.45, 7) is 0. The molecule has 1 aliphatic rings. The minimum atomic E-state index is -2.53. The highest BCUT2D eigenvalue weighted by atomic mass is 79.9. The van der Waals surface area contributed by atoms with Crippen molar-refractivity contribution in [2.75, 3.05) is 0 Å². The van der Waals surface area contributed by atoms with Crippen molar-refractivity contribution in [3.8, 4) is 11.5 Å². The van der Waals surface area contributed by atoms with Crippen LogP contribution in [0.1, 0.15) is 0 Å². The largest absolute Gasteiger partial charge is 0.457 e. The van der Waals surface area contributed by atoms with Crippen LogP contribution in [0.25, 0.3) is 0 Å². The molecule has 0 spiro atoms. The number of hydrogen-bond donors (Lipinski definition) is 0. The SMILES string of the molecule is Clc1ccc2c(c1)Oc1ccccc1[Si]2(c1ccccc1)c1ccc(Br)cc1. The summed E-state index contributed by atoms with van der Waals surface area (Å²) in [5, 5.41) is 5.82. The maximum Gasteiger partial charge on any atom is 0.188 e. The molecule has 136 valence electrons. The predicted octanol–water partition coefficient (Wildman–Crippen LogP) is 4.59. The first-order valence-corrected chi connectivity index (χ1v) is 12.3. The minimum absolute atomic E-state index is 0.685. The highest BCUT2D eigenvalue weighted by molar-refractivity contribution is 9.10. The number of hydrogen-bond acceptors (Lipinski definition) is 1. The van der Waals surface area contributed by atoms with E-state index in [0.29, 0.717) is 5.02 Å². The predicted molar refractivity (Wildman–Crippen MR) is 123 cm³/mol. The average Bonchev–Trinajstić information content (AvgIpc) is 2.73. The molecule has 0 amide bonds. The molecule has 0 saturated carbocycles. The fourth-order valence-corrected chi connectivity index (χ4v) is 9.53. The van der Waals surface area contributed by atoms with Crippen molar-refractivity contribution in [1.29, 1.82) is 0 Å². The number of benzene rings is 4. The van der Waals surface area contributed by atoms with Gasteiger partial charge in [0.05, 0.1) is 0 Å². The lowest BCUT2D eigenvalue weighted by Crippen LogP contribution is -2.76. The van der Waals surface area contributed by atoms with Gasteiger partial charge in [-0.25, -0.2) is 0 Å². The standard InChI is InChI=1S/C24H16BrClOSi/c25-17-10-13-20(14-11-17)28(19-6-2-1-3-7-19)23-9-5-4-8-21(23)27-22-16-18(26)12-15-24(22)28/h1-16H. The highest BCUT2D eigenvalue weighted by Crippen LogP contribution is 2.31. The van der Waals surface area contributed by atoms with Gasteiger partial charge in [0.2, 0.25) is 0 Å². The Morgan fingerprint density at radius 1 is 0.643 bits per heavy atom. The Balaban J connectivity index is 1.95. The van der Waals surface area contributed by atoms with Crippen LogP contribution in [0.5, 0.6) is 11.5 Å². The molecule has 1 aliphatic heterocycles. The van der Waals surface area contributed by atoms with Crippen LogP contribution in [-0.2, 0) is 0 Å². The third-order valence-corrected chi connectivity index (χ3v) is 10.9. The molecule has 4 heteroatoms. The van der Waals surface area contributed by atoms with Gasteiger partial charge < -0.3 is 4.74 Å². The first-order chi connectivity index (χ1) is 13.7.